The Morgan fingerprint density at radius 1 is 1.30 bits per heavy atom. The second-order valence-electron chi connectivity index (χ2n) is 5.18. The van der Waals surface area contributed by atoms with Crippen LogP contribution in [-0.2, 0) is 0 Å². The van der Waals surface area contributed by atoms with Gasteiger partial charge in [-0.3, -0.25) is 0 Å². The van der Waals surface area contributed by atoms with Gasteiger partial charge in [0.2, 0.25) is 0 Å². The summed E-state index contributed by atoms with van der Waals surface area (Å²) in [5.74, 6) is -1.37. The number of rotatable bonds is 3. The first-order valence-corrected chi connectivity index (χ1v) is 6.77. The average Bonchev–Trinajstić information content (AvgIpc) is 2.39. The van der Waals surface area contributed by atoms with Crippen LogP contribution in [0.25, 0.3) is 0 Å². The normalized spacial score (nSPS) is 18.9. The fourth-order valence-corrected chi connectivity index (χ4v) is 2.49. The van der Waals surface area contributed by atoms with Crippen molar-refractivity contribution < 1.29 is 8.78 Å². The summed E-state index contributed by atoms with van der Waals surface area (Å²) >= 11 is 0. The van der Waals surface area contributed by atoms with Crippen LogP contribution in [0.15, 0.2) is 36.7 Å². The Morgan fingerprint density at radius 2 is 1.90 bits per heavy atom. The van der Waals surface area contributed by atoms with Crippen LogP contribution < -0.4 is 10.2 Å². The molecule has 4 heteroatoms. The molecule has 1 aliphatic rings. The number of anilines is 1. The topological polar surface area (TPSA) is 15.3 Å². The summed E-state index contributed by atoms with van der Waals surface area (Å²) in [5, 5.41) is 3.00. The minimum atomic E-state index is -0.513. The van der Waals surface area contributed by atoms with Gasteiger partial charge in [0.25, 0.3) is 0 Å². The van der Waals surface area contributed by atoms with E-state index in [4.69, 9.17) is 0 Å². The molecule has 0 spiro atoms. The van der Waals surface area contributed by atoms with Gasteiger partial charge in [0, 0.05) is 42.2 Å². The summed E-state index contributed by atoms with van der Waals surface area (Å²) in [4.78, 5) is 1.80. The van der Waals surface area contributed by atoms with Crippen LogP contribution in [0.2, 0.25) is 0 Å². The Hall–Kier alpha value is -1.84. The molecule has 0 bridgehead atoms. The lowest BCUT2D eigenvalue weighted by atomic mass is 9.87. The van der Waals surface area contributed by atoms with Crippen LogP contribution in [-0.4, -0.2) is 13.6 Å². The number of nitrogens with one attached hydrogen (secondary N) is 1. The molecule has 1 unspecified atom stereocenters. The lowest BCUT2D eigenvalue weighted by molar-refractivity contribution is 0.502. The molecule has 2 nitrogen and oxygen atoms in total. The molecule has 1 aliphatic heterocycles. The summed E-state index contributed by atoms with van der Waals surface area (Å²) in [6.07, 6.45) is 1.32. The molecule has 0 amide bonds. The molecule has 1 N–H and O–H groups in total. The van der Waals surface area contributed by atoms with Gasteiger partial charge in [-0.1, -0.05) is 13.2 Å². The first kappa shape index (κ1) is 14.6. The van der Waals surface area contributed by atoms with E-state index < -0.39 is 11.6 Å². The number of piperidine rings is 1. The van der Waals surface area contributed by atoms with Crippen molar-refractivity contribution >= 4 is 5.69 Å². The molecule has 20 heavy (non-hydrogen) atoms. The maximum atomic E-state index is 14.3. The van der Waals surface area contributed by atoms with E-state index in [0.29, 0.717) is 30.8 Å². The number of nitrogens with zero attached hydrogens (tertiary/aromatic N) is 1. The maximum Gasteiger partial charge on any atom is 0.132 e. The van der Waals surface area contributed by atoms with Crippen molar-refractivity contribution in [2.75, 3.05) is 18.5 Å². The van der Waals surface area contributed by atoms with E-state index in [1.54, 1.807) is 11.9 Å². The van der Waals surface area contributed by atoms with Crippen molar-refractivity contribution in [3.05, 3.63) is 53.9 Å². The molecule has 0 saturated carbocycles. The molecule has 2 rings (SSSR count). The molecule has 1 heterocycles. The van der Waals surface area contributed by atoms with Crippen LogP contribution in [0.5, 0.6) is 0 Å². The van der Waals surface area contributed by atoms with E-state index in [1.165, 1.54) is 12.1 Å². The Balaban J connectivity index is 2.38. The highest BCUT2D eigenvalue weighted by Crippen LogP contribution is 2.36. The van der Waals surface area contributed by atoms with Gasteiger partial charge in [-0.2, -0.15) is 0 Å². The fraction of sp³-hybridized carbons (Fsp3) is 0.375. The van der Waals surface area contributed by atoms with Gasteiger partial charge in [-0.05, 0) is 31.9 Å². The van der Waals surface area contributed by atoms with Gasteiger partial charge < -0.3 is 10.2 Å². The molecule has 108 valence electrons. The monoisotopic (exact) mass is 278 g/mol. The van der Waals surface area contributed by atoms with Crippen LogP contribution in [0.3, 0.4) is 0 Å². The fourth-order valence-electron chi connectivity index (χ4n) is 2.49. The van der Waals surface area contributed by atoms with Crippen LogP contribution in [0.1, 0.15) is 31.2 Å². The third-order valence-electron chi connectivity index (χ3n) is 3.82. The van der Waals surface area contributed by atoms with Crippen LogP contribution in [0, 0.1) is 11.6 Å². The third-order valence-corrected chi connectivity index (χ3v) is 3.82. The van der Waals surface area contributed by atoms with Crippen molar-refractivity contribution in [1.82, 2.24) is 5.32 Å². The SMILES string of the molecule is C=C1CCC(c2c(F)cc(N(C)CC)cc2F)C(=C)N1. The minimum absolute atomic E-state index is 0.100. The number of hydrogen-bond acceptors (Lipinski definition) is 2. The van der Waals surface area contributed by atoms with Crippen LogP contribution in [0.4, 0.5) is 14.5 Å². The highest BCUT2D eigenvalue weighted by Gasteiger charge is 2.27. The summed E-state index contributed by atoms with van der Waals surface area (Å²) in [6.45, 7) is 10.3. The first-order valence-electron chi connectivity index (χ1n) is 6.77. The molecule has 1 fully saturated rings. The highest BCUT2D eigenvalue weighted by atomic mass is 19.1. The van der Waals surface area contributed by atoms with Crippen molar-refractivity contribution in [2.24, 2.45) is 0 Å². The highest BCUT2D eigenvalue weighted by molar-refractivity contribution is 5.50. The summed E-state index contributed by atoms with van der Waals surface area (Å²) in [5.41, 5.74) is 2.10. The third kappa shape index (κ3) is 2.69. The summed E-state index contributed by atoms with van der Waals surface area (Å²) in [6, 6.07) is 2.78. The van der Waals surface area contributed by atoms with E-state index in [9.17, 15) is 8.78 Å². The van der Waals surface area contributed by atoms with Crippen LogP contribution >= 0.6 is 0 Å². The Labute approximate surface area is 118 Å². The van der Waals surface area contributed by atoms with Gasteiger partial charge in [-0.15, -0.1) is 0 Å². The van der Waals surface area contributed by atoms with Gasteiger partial charge in [0.05, 0.1) is 0 Å². The number of allylic oxidation sites excluding steroid dienone is 2. The predicted molar refractivity (Wildman–Crippen MR) is 78.7 cm³/mol. The molecule has 1 aromatic carbocycles. The molecule has 1 aromatic rings. The second-order valence-corrected chi connectivity index (χ2v) is 5.18. The van der Waals surface area contributed by atoms with Crippen molar-refractivity contribution in [1.29, 1.82) is 0 Å². The molecular weight excluding hydrogens is 258 g/mol. The molecule has 0 aliphatic carbocycles. The van der Waals surface area contributed by atoms with Gasteiger partial charge >= 0.3 is 0 Å². The van der Waals surface area contributed by atoms with E-state index in [2.05, 4.69) is 18.5 Å². The van der Waals surface area contributed by atoms with Gasteiger partial charge in [0.1, 0.15) is 11.6 Å². The van der Waals surface area contributed by atoms with E-state index in [1.807, 2.05) is 6.92 Å². The molecule has 0 radical (unpaired) electrons. The van der Waals surface area contributed by atoms with E-state index in [0.717, 1.165) is 5.70 Å². The van der Waals surface area contributed by atoms with E-state index >= 15 is 0 Å². The zero-order valence-corrected chi connectivity index (χ0v) is 12.0. The molecule has 1 atom stereocenters. The Bertz CT molecular complexity index is 528. The summed E-state index contributed by atoms with van der Waals surface area (Å²) < 4.78 is 28.6. The van der Waals surface area contributed by atoms with E-state index in [-0.39, 0.29) is 11.5 Å². The zero-order chi connectivity index (χ0) is 14.9. The van der Waals surface area contributed by atoms with Gasteiger partial charge in [0.15, 0.2) is 0 Å². The quantitative estimate of drug-likeness (QED) is 0.901. The maximum absolute atomic E-state index is 14.3. The van der Waals surface area contributed by atoms with Crippen molar-refractivity contribution in [3.63, 3.8) is 0 Å². The van der Waals surface area contributed by atoms with Gasteiger partial charge in [-0.25, -0.2) is 8.78 Å². The Morgan fingerprint density at radius 3 is 2.40 bits per heavy atom. The Kier molecular flexibility index (Phi) is 4.12. The van der Waals surface area contributed by atoms with Crippen molar-refractivity contribution in [3.8, 4) is 0 Å². The largest absolute Gasteiger partial charge is 0.375 e. The molecular formula is C16H20F2N2. The summed E-state index contributed by atoms with van der Waals surface area (Å²) in [7, 11) is 1.80. The minimum Gasteiger partial charge on any atom is -0.375 e. The lowest BCUT2D eigenvalue weighted by Gasteiger charge is -2.29. The second kappa shape index (κ2) is 5.65. The first-order chi connectivity index (χ1) is 9.43. The zero-order valence-electron chi connectivity index (χ0n) is 12.0. The van der Waals surface area contributed by atoms with Crippen molar-refractivity contribution in [2.45, 2.75) is 25.7 Å². The number of benzene rings is 1. The number of halogens is 2. The lowest BCUT2D eigenvalue weighted by Crippen LogP contribution is -2.25. The number of hydrogen-bond donors (Lipinski definition) is 1. The average molecular weight is 278 g/mol. The smallest absolute Gasteiger partial charge is 0.132 e. The standard InChI is InChI=1S/C16H20F2N2/c1-5-20(4)12-8-14(17)16(15(18)9-12)13-7-6-10(2)19-11(13)3/h8-9,13,19H,2-3,5-7H2,1,4H3. The molecule has 0 aromatic heterocycles. The molecule has 1 saturated heterocycles. The predicted octanol–water partition coefficient (Wildman–Crippen LogP) is 3.92.